The lowest BCUT2D eigenvalue weighted by atomic mass is 9.72. The van der Waals surface area contributed by atoms with Crippen LogP contribution in [-0.2, 0) is 36.9 Å². The number of phenolic OH excluding ortho intramolecular Hbond substituents is 1. The summed E-state index contributed by atoms with van der Waals surface area (Å²) in [5.74, 6) is 3.26. The molecule has 4 aromatic rings. The molecule has 2 aromatic carbocycles. The SMILES string of the molecule is CC(C)(C)C1CCC(OCS)CC1.CCOC(=O)C1CCCN(Cc2ccc3cc(O)ccc3n2)C1.CCOC(=O)C1CCCN(Cc2ccc3cc(OC4CCC(C(C)(C)C)CC4)ccc3n2)C1. The van der Waals surface area contributed by atoms with Crippen molar-refractivity contribution in [2.24, 2.45) is 34.5 Å². The van der Waals surface area contributed by atoms with Gasteiger partial charge in [-0.25, -0.2) is 0 Å². The average molecular weight is 969 g/mol. The van der Waals surface area contributed by atoms with E-state index in [4.69, 9.17) is 23.9 Å². The number of piperidine rings is 2. The minimum Gasteiger partial charge on any atom is -0.508 e. The third-order valence-electron chi connectivity index (χ3n) is 14.9. The van der Waals surface area contributed by atoms with Gasteiger partial charge in [-0.15, -0.1) is 0 Å². The summed E-state index contributed by atoms with van der Waals surface area (Å²) >= 11 is 4.09. The summed E-state index contributed by atoms with van der Waals surface area (Å²) in [6.45, 7) is 23.6. The first kappa shape index (κ1) is 54.4. The van der Waals surface area contributed by atoms with Crippen LogP contribution >= 0.6 is 12.6 Å². The van der Waals surface area contributed by atoms with Crippen molar-refractivity contribution < 1.29 is 33.6 Å². The molecule has 69 heavy (non-hydrogen) atoms. The number of fused-ring (bicyclic) bond motifs is 2. The Labute approximate surface area is 419 Å². The fourth-order valence-electron chi connectivity index (χ4n) is 10.8. The van der Waals surface area contributed by atoms with Crippen molar-refractivity contribution in [3.05, 3.63) is 72.1 Å². The van der Waals surface area contributed by atoms with E-state index in [-0.39, 0.29) is 29.5 Å². The number of ether oxygens (including phenoxy) is 4. The van der Waals surface area contributed by atoms with E-state index in [0.717, 1.165) is 129 Å². The van der Waals surface area contributed by atoms with Crippen LogP contribution in [0.4, 0.5) is 0 Å². The average Bonchev–Trinajstić information content (AvgIpc) is 3.32. The Balaban J connectivity index is 0.000000188. The molecule has 2 atom stereocenters. The molecule has 4 aliphatic rings. The van der Waals surface area contributed by atoms with Crippen molar-refractivity contribution in [3.8, 4) is 11.5 Å². The first-order valence-electron chi connectivity index (χ1n) is 26.2. The standard InChI is InChI=1S/C28H40N2O3.C18H22N2O3.C11H22OS/c1-5-32-27(31)21-7-6-16-30(18-21)19-23-11-8-20-17-25(14-15-26(20)29-23)33-24-12-9-22(10-13-24)28(2,3)4;1-2-23-18(22)14-4-3-9-20(11-14)12-15-6-5-13-10-16(21)7-8-17(13)19-15;1-11(2,3)9-4-6-10(7-5-9)12-8-13/h8,11,14-15,17,21-22,24H,5-7,9-10,12-13,16,18-19H2,1-4H3;5-8,10,14,21H,2-4,9,11-12H2,1H3;9-10,13H,4-8H2,1-3H3. The Bertz CT molecular complexity index is 2230. The third kappa shape index (κ3) is 16.8. The van der Waals surface area contributed by atoms with Gasteiger partial charge in [0.2, 0.25) is 0 Å². The van der Waals surface area contributed by atoms with Crippen molar-refractivity contribution in [3.63, 3.8) is 0 Å². The van der Waals surface area contributed by atoms with Crippen LogP contribution in [0.1, 0.15) is 144 Å². The molecule has 4 fully saturated rings. The maximum absolute atomic E-state index is 12.1. The zero-order chi connectivity index (χ0) is 49.6. The van der Waals surface area contributed by atoms with Gasteiger partial charge in [0.1, 0.15) is 11.5 Å². The first-order chi connectivity index (χ1) is 33.0. The molecule has 2 saturated carbocycles. The van der Waals surface area contributed by atoms with E-state index in [1.807, 2.05) is 32.0 Å². The minimum atomic E-state index is -0.0841. The highest BCUT2D eigenvalue weighted by Gasteiger charge is 2.32. The van der Waals surface area contributed by atoms with Gasteiger partial charge in [0.05, 0.1) is 65.6 Å². The van der Waals surface area contributed by atoms with Crippen LogP contribution in [0.15, 0.2) is 60.7 Å². The van der Waals surface area contributed by atoms with Crippen LogP contribution in [0, 0.1) is 34.5 Å². The zero-order valence-electron chi connectivity index (χ0n) is 43.2. The molecule has 2 aliphatic carbocycles. The molecule has 2 unspecified atom stereocenters. The Morgan fingerprint density at radius 3 is 1.55 bits per heavy atom. The molecule has 0 amide bonds. The number of hydrogen-bond donors (Lipinski definition) is 2. The topological polar surface area (TPSA) is 124 Å². The number of thiol groups is 1. The predicted molar refractivity (Wildman–Crippen MR) is 280 cm³/mol. The van der Waals surface area contributed by atoms with E-state index in [2.05, 4.69) is 99.3 Å². The van der Waals surface area contributed by atoms with Crippen LogP contribution in [0.3, 0.4) is 0 Å². The van der Waals surface area contributed by atoms with Gasteiger partial charge in [0.15, 0.2) is 0 Å². The summed E-state index contributed by atoms with van der Waals surface area (Å²) in [6.07, 6.45) is 14.5. The normalized spacial score (nSPS) is 23.8. The number of carbonyl (C=O) groups excluding carboxylic acids is 2. The second-order valence-electron chi connectivity index (χ2n) is 22.1. The summed E-state index contributed by atoms with van der Waals surface area (Å²) in [6, 6.07) is 19.7. The number of phenols is 1. The molecule has 12 heteroatoms. The summed E-state index contributed by atoms with van der Waals surface area (Å²) in [7, 11) is 0. The van der Waals surface area contributed by atoms with Gasteiger partial charge in [-0.2, -0.15) is 12.6 Å². The summed E-state index contributed by atoms with van der Waals surface area (Å²) < 4.78 is 22.2. The number of nitrogens with zero attached hydrogens (tertiary/aromatic N) is 4. The molecule has 0 bridgehead atoms. The number of likely N-dealkylation sites (tertiary alicyclic amines) is 2. The van der Waals surface area contributed by atoms with E-state index in [1.165, 1.54) is 38.5 Å². The molecule has 1 N–H and O–H groups in total. The van der Waals surface area contributed by atoms with E-state index in [1.54, 1.807) is 12.1 Å². The lowest BCUT2D eigenvalue weighted by molar-refractivity contribution is -0.150. The van der Waals surface area contributed by atoms with Crippen molar-refractivity contribution in [1.29, 1.82) is 0 Å². The maximum atomic E-state index is 12.1. The first-order valence-corrected chi connectivity index (χ1v) is 26.8. The molecule has 8 rings (SSSR count). The fraction of sp³-hybridized carbons (Fsp3) is 0.649. The molecule has 11 nitrogen and oxygen atoms in total. The molecule has 2 saturated heterocycles. The molecule has 4 heterocycles. The lowest BCUT2D eigenvalue weighted by Gasteiger charge is -2.36. The fourth-order valence-corrected chi connectivity index (χ4v) is 11.0. The number of rotatable bonds is 12. The Morgan fingerprint density at radius 2 is 1.09 bits per heavy atom. The highest BCUT2D eigenvalue weighted by atomic mass is 32.1. The van der Waals surface area contributed by atoms with Gasteiger partial charge < -0.3 is 24.1 Å². The number of aromatic hydroxyl groups is 1. The van der Waals surface area contributed by atoms with Crippen molar-refractivity contribution in [1.82, 2.24) is 19.8 Å². The second-order valence-corrected chi connectivity index (χ2v) is 22.3. The van der Waals surface area contributed by atoms with Crippen molar-refractivity contribution in [2.45, 2.75) is 158 Å². The molecule has 380 valence electrons. The number of pyridine rings is 2. The third-order valence-corrected chi connectivity index (χ3v) is 15.0. The summed E-state index contributed by atoms with van der Waals surface area (Å²) in [5, 5.41) is 11.5. The minimum absolute atomic E-state index is 0.0164. The van der Waals surface area contributed by atoms with Crippen LogP contribution in [0.25, 0.3) is 21.8 Å². The quantitative estimate of drug-likeness (QED) is 0.0801. The number of aromatic nitrogens is 2. The predicted octanol–water partition coefficient (Wildman–Crippen LogP) is 12.2. The van der Waals surface area contributed by atoms with Crippen molar-refractivity contribution >= 4 is 46.4 Å². The molecule has 2 aliphatic heterocycles. The summed E-state index contributed by atoms with van der Waals surface area (Å²) in [4.78, 5) is 38.2. The van der Waals surface area contributed by atoms with Gasteiger partial charge in [0, 0.05) is 37.0 Å². The second kappa shape index (κ2) is 25.9. The molecule has 0 spiro atoms. The highest BCUT2D eigenvalue weighted by Crippen LogP contribution is 2.40. The van der Waals surface area contributed by atoms with Crippen LogP contribution in [0.2, 0.25) is 0 Å². The lowest BCUT2D eigenvalue weighted by Crippen LogP contribution is -2.39. The van der Waals surface area contributed by atoms with Gasteiger partial charge in [-0.1, -0.05) is 53.7 Å². The number of benzene rings is 2. The van der Waals surface area contributed by atoms with E-state index < -0.39 is 0 Å². The molecular weight excluding hydrogens is 885 g/mol. The van der Waals surface area contributed by atoms with Crippen LogP contribution < -0.4 is 4.74 Å². The number of hydrogen-bond acceptors (Lipinski definition) is 12. The zero-order valence-corrected chi connectivity index (χ0v) is 44.1. The van der Waals surface area contributed by atoms with Gasteiger partial charge >= 0.3 is 11.9 Å². The van der Waals surface area contributed by atoms with Crippen LogP contribution in [0.5, 0.6) is 11.5 Å². The molecule has 0 radical (unpaired) electrons. The van der Waals surface area contributed by atoms with Crippen molar-refractivity contribution in [2.75, 3.05) is 45.3 Å². The molecule has 2 aromatic heterocycles. The van der Waals surface area contributed by atoms with Crippen LogP contribution in [-0.4, -0.2) is 94.4 Å². The van der Waals surface area contributed by atoms with E-state index in [0.29, 0.717) is 42.2 Å². The number of carbonyl (C=O) groups is 2. The Kier molecular flexibility index (Phi) is 20.4. The van der Waals surface area contributed by atoms with Gasteiger partial charge in [-0.05, 0) is 175 Å². The summed E-state index contributed by atoms with van der Waals surface area (Å²) in [5.41, 5.74) is 4.76. The largest absolute Gasteiger partial charge is 0.508 e. The van der Waals surface area contributed by atoms with E-state index in [9.17, 15) is 14.7 Å². The Hall–Kier alpha value is -3.97. The Morgan fingerprint density at radius 1 is 0.623 bits per heavy atom. The molecular formula is C57H84N4O7S. The number of esters is 2. The van der Waals surface area contributed by atoms with E-state index >= 15 is 0 Å². The van der Waals surface area contributed by atoms with Gasteiger partial charge in [-0.3, -0.25) is 29.4 Å². The monoisotopic (exact) mass is 969 g/mol. The highest BCUT2D eigenvalue weighted by molar-refractivity contribution is 7.80. The smallest absolute Gasteiger partial charge is 0.310 e. The van der Waals surface area contributed by atoms with Gasteiger partial charge in [0.25, 0.3) is 0 Å². The maximum Gasteiger partial charge on any atom is 0.310 e.